The predicted octanol–water partition coefficient (Wildman–Crippen LogP) is 2.61. The van der Waals surface area contributed by atoms with Crippen LogP contribution in [0.25, 0.3) is 0 Å². The van der Waals surface area contributed by atoms with E-state index in [-0.39, 0.29) is 23.9 Å². The number of carbonyl (C=O) groups is 1. The highest BCUT2D eigenvalue weighted by Gasteiger charge is 2.58. The van der Waals surface area contributed by atoms with Crippen molar-refractivity contribution < 1.29 is 17.9 Å². The lowest BCUT2D eigenvalue weighted by Crippen LogP contribution is -2.62. The lowest BCUT2D eigenvalue weighted by atomic mass is 9.91. The Hall–Kier alpha value is -2.26. The van der Waals surface area contributed by atoms with Crippen molar-refractivity contribution in [2.24, 2.45) is 0 Å². The number of carbonyl (C=O) groups excluding carboxylic acids is 1. The van der Waals surface area contributed by atoms with Gasteiger partial charge < -0.3 is 9.64 Å². The zero-order valence-corrected chi connectivity index (χ0v) is 20.1. The molecule has 7 nitrogen and oxygen atoms in total. The highest BCUT2D eigenvalue weighted by Crippen LogP contribution is 2.43. The molecule has 3 aliphatic rings. The fourth-order valence-corrected chi connectivity index (χ4v) is 6.82. The summed E-state index contributed by atoms with van der Waals surface area (Å²) in [6.45, 7) is 6.97. The fourth-order valence-electron chi connectivity index (χ4n) is 5.35. The number of piperidine rings is 1. The summed E-state index contributed by atoms with van der Waals surface area (Å²) in [6.07, 6.45) is 1.65. The topological polar surface area (TPSA) is 70.2 Å². The molecule has 33 heavy (non-hydrogen) atoms. The quantitative estimate of drug-likeness (QED) is 0.689. The Bertz CT molecular complexity index is 1130. The van der Waals surface area contributed by atoms with Crippen LogP contribution in [-0.2, 0) is 26.1 Å². The van der Waals surface area contributed by atoms with Gasteiger partial charge in [-0.25, -0.2) is 8.42 Å². The molecule has 2 aromatic carbocycles. The number of nitrogens with zero attached hydrogens (tertiary/aromatic N) is 3. The van der Waals surface area contributed by atoms with Gasteiger partial charge in [-0.3, -0.25) is 9.69 Å². The SMILES string of the molecule is Cc1ccc(S(=O)(=O)N2CC(=O)N3CC4(CCN(Cc5ccccc5)CC4)OC3(C)C2)cc1. The van der Waals surface area contributed by atoms with Crippen molar-refractivity contribution in [1.82, 2.24) is 14.1 Å². The first-order valence-electron chi connectivity index (χ1n) is 11.5. The van der Waals surface area contributed by atoms with Crippen LogP contribution in [0.15, 0.2) is 59.5 Å². The number of aryl methyl sites for hydroxylation is 1. The molecule has 0 saturated carbocycles. The Morgan fingerprint density at radius 1 is 0.970 bits per heavy atom. The maximum absolute atomic E-state index is 13.3. The summed E-state index contributed by atoms with van der Waals surface area (Å²) in [7, 11) is -3.78. The summed E-state index contributed by atoms with van der Waals surface area (Å²) in [6, 6.07) is 17.2. The van der Waals surface area contributed by atoms with E-state index < -0.39 is 21.3 Å². The van der Waals surface area contributed by atoms with Gasteiger partial charge in [0.25, 0.3) is 0 Å². The second-order valence-electron chi connectivity index (χ2n) is 9.79. The van der Waals surface area contributed by atoms with Gasteiger partial charge in [0.15, 0.2) is 5.72 Å². The van der Waals surface area contributed by atoms with Gasteiger partial charge >= 0.3 is 0 Å². The Kier molecular flexibility index (Phi) is 5.60. The molecule has 3 fully saturated rings. The summed E-state index contributed by atoms with van der Waals surface area (Å²) in [5, 5.41) is 0. The monoisotopic (exact) mass is 469 g/mol. The average Bonchev–Trinajstić information content (AvgIpc) is 3.09. The number of likely N-dealkylation sites (tertiary alicyclic amines) is 1. The van der Waals surface area contributed by atoms with E-state index in [0.29, 0.717) is 6.54 Å². The smallest absolute Gasteiger partial charge is 0.243 e. The van der Waals surface area contributed by atoms with Crippen molar-refractivity contribution in [3.63, 3.8) is 0 Å². The molecule has 0 aliphatic carbocycles. The van der Waals surface area contributed by atoms with Crippen LogP contribution >= 0.6 is 0 Å². The van der Waals surface area contributed by atoms with Crippen molar-refractivity contribution in [3.05, 3.63) is 65.7 Å². The van der Waals surface area contributed by atoms with Crippen LogP contribution in [0.2, 0.25) is 0 Å². The molecule has 8 heteroatoms. The molecular formula is C25H31N3O4S. The van der Waals surface area contributed by atoms with Gasteiger partial charge in [0.1, 0.15) is 0 Å². The molecule has 0 aromatic heterocycles. The average molecular weight is 470 g/mol. The van der Waals surface area contributed by atoms with E-state index in [9.17, 15) is 13.2 Å². The number of piperazine rings is 1. The fraction of sp³-hybridized carbons (Fsp3) is 0.480. The minimum absolute atomic E-state index is 0.143. The molecule has 1 amide bonds. The summed E-state index contributed by atoms with van der Waals surface area (Å²) in [5.74, 6) is -0.192. The molecule has 0 N–H and O–H groups in total. The van der Waals surface area contributed by atoms with E-state index >= 15 is 0 Å². The van der Waals surface area contributed by atoms with Gasteiger partial charge in [-0.1, -0.05) is 48.0 Å². The van der Waals surface area contributed by atoms with E-state index in [2.05, 4.69) is 29.2 Å². The zero-order valence-electron chi connectivity index (χ0n) is 19.2. The van der Waals surface area contributed by atoms with Crippen LogP contribution in [-0.4, -0.2) is 72.5 Å². The first kappa shape index (κ1) is 22.5. The van der Waals surface area contributed by atoms with Crippen molar-refractivity contribution in [3.8, 4) is 0 Å². The lowest BCUT2D eigenvalue weighted by Gasteiger charge is -2.43. The van der Waals surface area contributed by atoms with E-state index in [4.69, 9.17) is 4.74 Å². The lowest BCUT2D eigenvalue weighted by molar-refractivity contribution is -0.174. The highest BCUT2D eigenvalue weighted by molar-refractivity contribution is 7.89. The number of benzene rings is 2. The van der Waals surface area contributed by atoms with Gasteiger partial charge in [-0.15, -0.1) is 0 Å². The molecule has 1 unspecified atom stereocenters. The molecular weight excluding hydrogens is 438 g/mol. The molecule has 3 heterocycles. The second-order valence-corrected chi connectivity index (χ2v) is 11.7. The van der Waals surface area contributed by atoms with Gasteiger partial charge in [-0.05, 0) is 44.4 Å². The van der Waals surface area contributed by atoms with Crippen molar-refractivity contribution in [2.75, 3.05) is 32.7 Å². The molecule has 5 rings (SSSR count). The van der Waals surface area contributed by atoms with E-state index in [0.717, 1.165) is 38.0 Å². The van der Waals surface area contributed by atoms with Crippen molar-refractivity contribution in [2.45, 2.75) is 49.5 Å². The molecule has 3 saturated heterocycles. The first-order valence-corrected chi connectivity index (χ1v) is 13.0. The van der Waals surface area contributed by atoms with Crippen molar-refractivity contribution >= 4 is 15.9 Å². The molecule has 1 spiro atoms. The summed E-state index contributed by atoms with van der Waals surface area (Å²) in [5.41, 5.74) is 0.912. The first-order chi connectivity index (χ1) is 15.7. The maximum Gasteiger partial charge on any atom is 0.243 e. The van der Waals surface area contributed by atoms with Crippen LogP contribution in [0, 0.1) is 6.92 Å². The third kappa shape index (κ3) is 4.21. The van der Waals surface area contributed by atoms with Gasteiger partial charge in [-0.2, -0.15) is 4.31 Å². The van der Waals surface area contributed by atoms with E-state index in [1.54, 1.807) is 29.2 Å². The Morgan fingerprint density at radius 2 is 1.64 bits per heavy atom. The van der Waals surface area contributed by atoms with Gasteiger partial charge in [0, 0.05) is 19.6 Å². The molecule has 2 aromatic rings. The number of ether oxygens (including phenoxy) is 1. The van der Waals surface area contributed by atoms with Gasteiger partial charge in [0.05, 0.1) is 30.1 Å². The molecule has 0 radical (unpaired) electrons. The number of hydrogen-bond acceptors (Lipinski definition) is 5. The Morgan fingerprint density at radius 3 is 2.30 bits per heavy atom. The number of fused-ring (bicyclic) bond motifs is 1. The van der Waals surface area contributed by atoms with Crippen LogP contribution < -0.4 is 0 Å². The number of sulfonamides is 1. The molecule has 3 aliphatic heterocycles. The number of rotatable bonds is 4. The zero-order chi connectivity index (χ0) is 23.3. The maximum atomic E-state index is 13.3. The third-order valence-corrected chi connectivity index (χ3v) is 9.02. The van der Waals surface area contributed by atoms with Crippen LogP contribution in [0.4, 0.5) is 0 Å². The standard InChI is InChI=1S/C25H31N3O4S/c1-20-8-10-22(11-9-20)33(30,31)27-17-23(29)28-19-25(32-24(28,2)18-27)12-14-26(15-13-25)16-21-6-4-3-5-7-21/h3-11H,12-19H2,1-2H3. The van der Waals surface area contributed by atoms with Crippen LogP contribution in [0.5, 0.6) is 0 Å². The normalized spacial score (nSPS) is 26.0. The van der Waals surface area contributed by atoms with E-state index in [1.165, 1.54) is 9.87 Å². The summed E-state index contributed by atoms with van der Waals surface area (Å²) in [4.78, 5) is 17.5. The predicted molar refractivity (Wildman–Crippen MR) is 125 cm³/mol. The Balaban J connectivity index is 1.29. The Labute approximate surface area is 196 Å². The largest absolute Gasteiger partial charge is 0.346 e. The summed E-state index contributed by atoms with van der Waals surface area (Å²) >= 11 is 0. The van der Waals surface area contributed by atoms with Crippen LogP contribution in [0.1, 0.15) is 30.9 Å². The number of amides is 1. The van der Waals surface area contributed by atoms with Gasteiger partial charge in [0.2, 0.25) is 15.9 Å². The minimum Gasteiger partial charge on any atom is -0.346 e. The molecule has 0 bridgehead atoms. The highest BCUT2D eigenvalue weighted by atomic mass is 32.2. The van der Waals surface area contributed by atoms with Crippen molar-refractivity contribution in [1.29, 1.82) is 0 Å². The third-order valence-electron chi connectivity index (χ3n) is 7.21. The molecule has 176 valence electrons. The summed E-state index contributed by atoms with van der Waals surface area (Å²) < 4.78 is 34.4. The molecule has 1 atom stereocenters. The minimum atomic E-state index is -3.78. The van der Waals surface area contributed by atoms with Crippen LogP contribution in [0.3, 0.4) is 0 Å². The van der Waals surface area contributed by atoms with E-state index in [1.807, 2.05) is 19.9 Å². The second kappa shape index (κ2) is 8.20. The number of hydrogen-bond donors (Lipinski definition) is 0.